The third kappa shape index (κ3) is 12.4. The van der Waals surface area contributed by atoms with Crippen LogP contribution in [0.2, 0.25) is 0 Å². The Balaban J connectivity index is 0.000000186. The summed E-state index contributed by atoms with van der Waals surface area (Å²) in [5, 5.41) is 6.98. The fraction of sp³-hybridized carbons (Fsp3) is 0.615. The molecule has 2 saturated heterocycles. The van der Waals surface area contributed by atoms with Gasteiger partial charge in [-0.1, -0.05) is 0 Å². The average molecular weight is 1070 g/mol. The normalized spacial score (nSPS) is 23.8. The van der Waals surface area contributed by atoms with Crippen LogP contribution >= 0.6 is 0 Å². The lowest BCUT2D eigenvalue weighted by Crippen LogP contribution is -2.38. The van der Waals surface area contributed by atoms with Gasteiger partial charge in [-0.05, 0) is 76.3 Å². The van der Waals surface area contributed by atoms with E-state index in [1.807, 2.05) is 19.6 Å². The van der Waals surface area contributed by atoms with Gasteiger partial charge in [-0.2, -0.15) is 26.3 Å². The highest BCUT2D eigenvalue weighted by Crippen LogP contribution is 2.40. The van der Waals surface area contributed by atoms with E-state index in [9.17, 15) is 35.9 Å². The van der Waals surface area contributed by atoms with E-state index < -0.39 is 35.2 Å². The molecule has 6 aliphatic rings. The SMILES string of the molecule is COc1ncc(N2CCc3ncnc(N[C@H]4CCN(C(=O)[C@H]5CC[C@H](OC)CC5)C4)c3C2)cc1C(F)(F)F.COc1ncc(N2CCc3ncnc(N[C@H]4CCN(C(=O)[C@H]5CC[C@H](OC)CC5)C4)c3C2)cc1C(F)(F)F. The first-order valence-corrected chi connectivity index (χ1v) is 26.1. The minimum absolute atomic E-state index is 0.0446. The van der Waals surface area contributed by atoms with Gasteiger partial charge in [-0.15, -0.1) is 0 Å². The number of carbonyl (C=O) groups excluding carboxylic acids is 2. The second kappa shape index (κ2) is 23.5. The summed E-state index contributed by atoms with van der Waals surface area (Å²) in [5.41, 5.74) is 2.36. The lowest BCUT2D eigenvalue weighted by atomic mass is 9.86. The molecule has 4 aromatic rings. The van der Waals surface area contributed by atoms with Gasteiger partial charge in [0.2, 0.25) is 23.6 Å². The van der Waals surface area contributed by atoms with Crippen molar-refractivity contribution in [3.63, 3.8) is 0 Å². The van der Waals surface area contributed by atoms with Gasteiger partial charge >= 0.3 is 12.4 Å². The largest absolute Gasteiger partial charge is 0.481 e. The fourth-order valence-corrected chi connectivity index (χ4v) is 11.5. The Morgan fingerprint density at radius 2 is 0.934 bits per heavy atom. The molecule has 4 aliphatic heterocycles. The molecule has 0 spiro atoms. The predicted molar refractivity (Wildman–Crippen MR) is 268 cm³/mol. The molecule has 2 saturated carbocycles. The number of carbonyl (C=O) groups is 2. The summed E-state index contributed by atoms with van der Waals surface area (Å²) in [7, 11) is 5.80. The van der Waals surface area contributed by atoms with E-state index in [1.54, 1.807) is 14.2 Å². The molecule has 76 heavy (non-hydrogen) atoms. The van der Waals surface area contributed by atoms with Gasteiger partial charge in [0.1, 0.15) is 35.4 Å². The highest BCUT2D eigenvalue weighted by atomic mass is 19.4. The van der Waals surface area contributed by atoms with Crippen molar-refractivity contribution >= 4 is 34.8 Å². The van der Waals surface area contributed by atoms with Crippen molar-refractivity contribution in [1.82, 2.24) is 39.7 Å². The maximum Gasteiger partial charge on any atom is 0.421 e. The Kier molecular flexibility index (Phi) is 16.9. The molecule has 0 bridgehead atoms. The second-order valence-corrected chi connectivity index (χ2v) is 20.4. The number of likely N-dealkylation sites (tertiary alicyclic amines) is 2. The van der Waals surface area contributed by atoms with Crippen LogP contribution in [0.3, 0.4) is 0 Å². The maximum atomic E-state index is 13.6. The van der Waals surface area contributed by atoms with E-state index in [0.29, 0.717) is 88.2 Å². The number of amides is 2. The topological polar surface area (TPSA) is 185 Å². The fourth-order valence-electron chi connectivity index (χ4n) is 11.5. The Morgan fingerprint density at radius 3 is 1.29 bits per heavy atom. The summed E-state index contributed by atoms with van der Waals surface area (Å²) >= 11 is 0. The Labute approximate surface area is 437 Å². The number of hydrogen-bond acceptors (Lipinski definition) is 16. The van der Waals surface area contributed by atoms with Crippen molar-refractivity contribution in [2.45, 2.75) is 127 Å². The van der Waals surface area contributed by atoms with E-state index >= 15 is 0 Å². The summed E-state index contributed by atoms with van der Waals surface area (Å²) < 4.78 is 102. The van der Waals surface area contributed by atoms with E-state index in [1.165, 1.54) is 39.3 Å². The number of nitrogens with zero attached hydrogens (tertiary/aromatic N) is 10. The lowest BCUT2D eigenvalue weighted by molar-refractivity contribution is -0.139. The molecule has 4 aromatic heterocycles. The molecular weight excluding hydrogens is 1000 g/mol. The van der Waals surface area contributed by atoms with Gasteiger partial charge < -0.3 is 49.2 Å². The number of hydrogen-bond donors (Lipinski definition) is 2. The zero-order valence-electron chi connectivity index (χ0n) is 43.3. The highest BCUT2D eigenvalue weighted by molar-refractivity contribution is 5.80. The predicted octanol–water partition coefficient (Wildman–Crippen LogP) is 7.36. The number of nitrogens with one attached hydrogen (secondary N) is 2. The van der Waals surface area contributed by atoms with Gasteiger partial charge in [0.15, 0.2) is 0 Å². The molecule has 4 fully saturated rings. The minimum atomic E-state index is -4.58. The van der Waals surface area contributed by atoms with Gasteiger partial charge in [0, 0.05) is 114 Å². The molecule has 0 unspecified atom stereocenters. The third-order valence-electron chi connectivity index (χ3n) is 15.8. The Hall–Kier alpha value is -6.30. The molecule has 2 amide bonds. The number of ether oxygens (including phenoxy) is 4. The standard InChI is InChI=1S/2C26H33F3N6O3/c2*1-37-19-5-3-16(4-6-19)25(36)35-9-7-17(13-35)33-23-20-14-34(10-8-22(20)31-15-32-23)18-11-21(26(27,28)29)24(38-2)30-12-18/h2*11-12,15-17,19H,3-10,13-14H2,1-2H3,(H,31,32,33)/t2*16-,17-,19-/m00/s1. The zero-order valence-corrected chi connectivity index (χ0v) is 43.3. The van der Waals surface area contributed by atoms with Crippen molar-refractivity contribution in [1.29, 1.82) is 0 Å². The number of aromatic nitrogens is 6. The van der Waals surface area contributed by atoms with E-state index in [4.69, 9.17) is 18.9 Å². The van der Waals surface area contributed by atoms with Crippen LogP contribution in [0.15, 0.2) is 37.2 Å². The Bertz CT molecular complexity index is 2490. The van der Waals surface area contributed by atoms with Crippen LogP contribution in [-0.4, -0.2) is 144 Å². The summed E-state index contributed by atoms with van der Waals surface area (Å²) in [6.45, 7) is 4.29. The van der Waals surface area contributed by atoms with Gasteiger partial charge in [-0.25, -0.2) is 29.9 Å². The number of rotatable bonds is 12. The van der Waals surface area contributed by atoms with Gasteiger partial charge in [0.25, 0.3) is 0 Å². The maximum absolute atomic E-state index is 13.6. The number of alkyl halides is 6. The molecule has 0 aromatic carbocycles. The number of halogens is 6. The van der Waals surface area contributed by atoms with Crippen molar-refractivity contribution in [2.24, 2.45) is 11.8 Å². The summed E-state index contributed by atoms with van der Waals surface area (Å²) in [5.74, 6) is 0.974. The molecule has 10 rings (SSSR count). The van der Waals surface area contributed by atoms with Crippen LogP contribution in [0.5, 0.6) is 11.8 Å². The van der Waals surface area contributed by atoms with Crippen LogP contribution in [0.1, 0.15) is 97.8 Å². The molecule has 412 valence electrons. The van der Waals surface area contributed by atoms with Crippen LogP contribution in [0.25, 0.3) is 0 Å². The minimum Gasteiger partial charge on any atom is -0.481 e. The number of anilines is 4. The number of methoxy groups -OCH3 is 4. The van der Waals surface area contributed by atoms with Crippen LogP contribution in [0.4, 0.5) is 49.4 Å². The van der Waals surface area contributed by atoms with E-state index in [2.05, 4.69) is 40.5 Å². The molecule has 0 radical (unpaired) electrons. The van der Waals surface area contributed by atoms with Crippen molar-refractivity contribution < 1.29 is 54.9 Å². The van der Waals surface area contributed by atoms with Crippen LogP contribution in [0, 0.1) is 11.8 Å². The molecule has 2 aliphatic carbocycles. The lowest BCUT2D eigenvalue weighted by Gasteiger charge is -2.32. The average Bonchev–Trinajstić information content (AvgIpc) is 4.12. The zero-order chi connectivity index (χ0) is 53.7. The van der Waals surface area contributed by atoms with Crippen LogP contribution in [-0.2, 0) is 57.3 Å². The smallest absolute Gasteiger partial charge is 0.421 e. The first-order valence-electron chi connectivity index (χ1n) is 26.1. The first kappa shape index (κ1) is 54.5. The number of fused-ring (bicyclic) bond motifs is 2. The summed E-state index contributed by atoms with van der Waals surface area (Å²) in [6, 6.07) is 2.24. The quantitative estimate of drug-likeness (QED) is 0.134. The molecule has 2 N–H and O–H groups in total. The monoisotopic (exact) mass is 1070 g/mol. The van der Waals surface area contributed by atoms with E-state index in [0.717, 1.165) is 98.9 Å². The van der Waals surface area contributed by atoms with Gasteiger partial charge in [-0.3, -0.25) is 9.59 Å². The Morgan fingerprint density at radius 1 is 0.539 bits per heavy atom. The summed E-state index contributed by atoms with van der Waals surface area (Å²) in [4.78, 5) is 59.3. The third-order valence-corrected chi connectivity index (χ3v) is 15.8. The van der Waals surface area contributed by atoms with Crippen molar-refractivity contribution in [3.05, 3.63) is 70.8 Å². The molecule has 18 nitrogen and oxygen atoms in total. The summed E-state index contributed by atoms with van der Waals surface area (Å²) in [6.07, 6.45) is 7.03. The number of pyridine rings is 2. The van der Waals surface area contributed by atoms with Crippen LogP contribution < -0.4 is 29.9 Å². The van der Waals surface area contributed by atoms with Crippen molar-refractivity contribution in [3.8, 4) is 11.8 Å². The molecule has 24 heteroatoms. The second-order valence-electron chi connectivity index (χ2n) is 20.4. The first-order chi connectivity index (χ1) is 36.5. The van der Waals surface area contributed by atoms with E-state index in [-0.39, 0.29) is 47.9 Å². The molecule has 8 heterocycles. The molecule has 2 atom stereocenters. The molecular formula is C52H66F6N12O6. The van der Waals surface area contributed by atoms with Gasteiger partial charge in [0.05, 0.1) is 61.6 Å². The van der Waals surface area contributed by atoms with Crippen molar-refractivity contribution in [2.75, 3.05) is 88.1 Å². The highest BCUT2D eigenvalue weighted by Gasteiger charge is 2.40.